The van der Waals surface area contributed by atoms with Gasteiger partial charge in [-0.3, -0.25) is 9.69 Å². The zero-order chi connectivity index (χ0) is 18.8. The number of ether oxygens (including phenoxy) is 1. The van der Waals surface area contributed by atoms with Crippen LogP contribution in [-0.2, 0) is 4.74 Å². The van der Waals surface area contributed by atoms with E-state index in [9.17, 15) is 22.8 Å². The molecule has 0 aliphatic carbocycles. The fourth-order valence-electron chi connectivity index (χ4n) is 3.29. The molecule has 0 spiro atoms. The number of aryl methyl sites for hydroxylation is 1. The number of hydrogen-bond acceptors (Lipinski definition) is 4. The van der Waals surface area contributed by atoms with E-state index in [0.29, 0.717) is 29.8 Å². The minimum atomic E-state index is -4.24. The maximum absolute atomic E-state index is 12.9. The number of carbonyl (C=O) groups excluding carboxylic acids is 2. The van der Waals surface area contributed by atoms with Crippen LogP contribution in [0.15, 0.2) is 0 Å². The van der Waals surface area contributed by atoms with Crippen LogP contribution in [0, 0.1) is 19.8 Å². The number of esters is 1. The first-order chi connectivity index (χ1) is 11.6. The summed E-state index contributed by atoms with van der Waals surface area (Å²) in [4.78, 5) is 28.9. The van der Waals surface area contributed by atoms with Crippen molar-refractivity contribution < 1.29 is 27.5 Å². The molecule has 0 amide bonds. The van der Waals surface area contributed by atoms with Gasteiger partial charge in [0.1, 0.15) is 0 Å². The van der Waals surface area contributed by atoms with Crippen LogP contribution >= 0.6 is 0 Å². The largest absolute Gasteiger partial charge is 0.462 e. The van der Waals surface area contributed by atoms with Gasteiger partial charge in [0.15, 0.2) is 5.78 Å². The maximum Gasteiger partial charge on any atom is 0.393 e. The Bertz CT molecular complexity index is 652. The molecule has 2 heterocycles. The number of H-pyrrole nitrogens is 1. The van der Waals surface area contributed by atoms with Gasteiger partial charge in [0.25, 0.3) is 0 Å². The molecule has 5 nitrogen and oxygen atoms in total. The standard InChI is InChI=1S/C17H23F3N2O3/c1-4-25-16(24)14-10(2)15(21-11(14)3)13(23)9-22-7-5-6-12(8-22)17(18,19)20/h12,21H,4-9H2,1-3H3. The van der Waals surface area contributed by atoms with E-state index in [4.69, 9.17) is 4.74 Å². The number of rotatable bonds is 5. The highest BCUT2D eigenvalue weighted by atomic mass is 19.4. The maximum atomic E-state index is 12.9. The first-order valence-corrected chi connectivity index (χ1v) is 8.33. The molecule has 1 N–H and O–H groups in total. The molecule has 1 aliphatic rings. The highest BCUT2D eigenvalue weighted by Gasteiger charge is 2.42. The molecule has 140 valence electrons. The zero-order valence-electron chi connectivity index (χ0n) is 14.6. The summed E-state index contributed by atoms with van der Waals surface area (Å²) in [6.07, 6.45) is -3.73. The van der Waals surface area contributed by atoms with Crippen molar-refractivity contribution in [1.82, 2.24) is 9.88 Å². The second kappa shape index (κ2) is 7.59. The second-order valence-electron chi connectivity index (χ2n) is 6.38. The Balaban J connectivity index is 2.11. The molecule has 25 heavy (non-hydrogen) atoms. The lowest BCUT2D eigenvalue weighted by Gasteiger charge is -2.33. The zero-order valence-corrected chi connectivity index (χ0v) is 14.6. The summed E-state index contributed by atoms with van der Waals surface area (Å²) in [5, 5.41) is 0. The number of carbonyl (C=O) groups is 2. The summed E-state index contributed by atoms with van der Waals surface area (Å²) in [6.45, 7) is 5.40. The Kier molecular flexibility index (Phi) is 5.92. The minimum Gasteiger partial charge on any atom is -0.462 e. The van der Waals surface area contributed by atoms with Gasteiger partial charge in [-0.05, 0) is 45.7 Å². The lowest BCUT2D eigenvalue weighted by atomic mass is 9.97. The second-order valence-corrected chi connectivity index (χ2v) is 6.38. The molecule has 0 saturated carbocycles. The Morgan fingerprint density at radius 3 is 2.60 bits per heavy atom. The quantitative estimate of drug-likeness (QED) is 0.647. The molecular formula is C17H23F3N2O3. The number of likely N-dealkylation sites (tertiary alicyclic amines) is 1. The van der Waals surface area contributed by atoms with E-state index < -0.39 is 18.1 Å². The molecule has 1 saturated heterocycles. The number of hydrogen-bond donors (Lipinski definition) is 1. The highest BCUT2D eigenvalue weighted by molar-refractivity contribution is 6.02. The number of nitrogens with zero attached hydrogens (tertiary/aromatic N) is 1. The summed E-state index contributed by atoms with van der Waals surface area (Å²) < 4.78 is 43.6. The van der Waals surface area contributed by atoms with Crippen molar-refractivity contribution in [2.24, 2.45) is 5.92 Å². The van der Waals surface area contributed by atoms with E-state index in [2.05, 4.69) is 4.98 Å². The first kappa shape index (κ1) is 19.5. The number of halogens is 3. The Morgan fingerprint density at radius 1 is 1.32 bits per heavy atom. The molecule has 1 aromatic heterocycles. The van der Waals surface area contributed by atoms with Gasteiger partial charge >= 0.3 is 12.1 Å². The van der Waals surface area contributed by atoms with Crippen LogP contribution in [-0.4, -0.2) is 54.1 Å². The monoisotopic (exact) mass is 360 g/mol. The van der Waals surface area contributed by atoms with Crippen molar-refractivity contribution >= 4 is 11.8 Å². The molecule has 1 aromatic rings. The molecule has 1 unspecified atom stereocenters. The average molecular weight is 360 g/mol. The summed E-state index contributed by atoms with van der Waals surface area (Å²) in [5.41, 5.74) is 1.57. The smallest absolute Gasteiger partial charge is 0.393 e. The van der Waals surface area contributed by atoms with E-state index in [1.54, 1.807) is 20.8 Å². The summed E-state index contributed by atoms with van der Waals surface area (Å²) in [7, 11) is 0. The van der Waals surface area contributed by atoms with Gasteiger partial charge in [-0.1, -0.05) is 0 Å². The summed E-state index contributed by atoms with van der Waals surface area (Å²) in [6, 6.07) is 0. The van der Waals surface area contributed by atoms with E-state index >= 15 is 0 Å². The predicted octanol–water partition coefficient (Wildman–Crippen LogP) is 3.27. The molecule has 1 fully saturated rings. The Labute approximate surface area is 144 Å². The van der Waals surface area contributed by atoms with E-state index in [1.807, 2.05) is 0 Å². The molecule has 0 radical (unpaired) electrons. The van der Waals surface area contributed by atoms with Crippen molar-refractivity contribution in [3.05, 3.63) is 22.5 Å². The number of Topliss-reactive ketones (excluding diaryl/α,β-unsaturated/α-hetero) is 1. The fraction of sp³-hybridized carbons (Fsp3) is 0.647. The van der Waals surface area contributed by atoms with Crippen LogP contribution in [0.25, 0.3) is 0 Å². The SMILES string of the molecule is CCOC(=O)c1c(C)[nH]c(C(=O)CN2CCCC(C(F)(F)F)C2)c1C. The molecular weight excluding hydrogens is 337 g/mol. The van der Waals surface area contributed by atoms with Crippen LogP contribution in [0.5, 0.6) is 0 Å². The average Bonchev–Trinajstić information content (AvgIpc) is 2.82. The van der Waals surface area contributed by atoms with Crippen LogP contribution in [0.2, 0.25) is 0 Å². The Hall–Kier alpha value is -1.83. The minimum absolute atomic E-state index is 0.0990. The first-order valence-electron chi connectivity index (χ1n) is 8.33. The number of piperidine rings is 1. The number of ketones is 1. The van der Waals surface area contributed by atoms with Gasteiger partial charge in [-0.25, -0.2) is 4.79 Å². The summed E-state index contributed by atoms with van der Waals surface area (Å²) >= 11 is 0. The number of nitrogens with one attached hydrogen (secondary N) is 1. The van der Waals surface area contributed by atoms with Gasteiger partial charge in [-0.15, -0.1) is 0 Å². The van der Waals surface area contributed by atoms with Crippen molar-refractivity contribution in [1.29, 1.82) is 0 Å². The lowest BCUT2D eigenvalue weighted by Crippen LogP contribution is -2.43. The molecule has 0 bridgehead atoms. The van der Waals surface area contributed by atoms with Crippen LogP contribution in [0.3, 0.4) is 0 Å². The molecule has 2 rings (SSSR count). The van der Waals surface area contributed by atoms with Gasteiger partial charge < -0.3 is 9.72 Å². The molecule has 1 aliphatic heterocycles. The normalized spacial score (nSPS) is 19.0. The van der Waals surface area contributed by atoms with Gasteiger partial charge in [0.2, 0.25) is 0 Å². The van der Waals surface area contributed by atoms with Crippen LogP contribution < -0.4 is 0 Å². The topological polar surface area (TPSA) is 62.4 Å². The Morgan fingerprint density at radius 2 is 2.00 bits per heavy atom. The number of alkyl halides is 3. The van der Waals surface area contributed by atoms with E-state index in [0.717, 1.165) is 0 Å². The van der Waals surface area contributed by atoms with E-state index in [1.165, 1.54) is 4.90 Å². The number of aromatic amines is 1. The van der Waals surface area contributed by atoms with Gasteiger partial charge in [0, 0.05) is 12.2 Å². The fourth-order valence-corrected chi connectivity index (χ4v) is 3.29. The molecule has 8 heteroatoms. The molecule has 1 atom stereocenters. The van der Waals surface area contributed by atoms with Crippen LogP contribution in [0.1, 0.15) is 51.9 Å². The third-order valence-corrected chi connectivity index (χ3v) is 4.53. The highest BCUT2D eigenvalue weighted by Crippen LogP contribution is 2.33. The van der Waals surface area contributed by atoms with Crippen molar-refractivity contribution in [2.75, 3.05) is 26.2 Å². The van der Waals surface area contributed by atoms with Crippen molar-refractivity contribution in [3.8, 4) is 0 Å². The van der Waals surface area contributed by atoms with Gasteiger partial charge in [0.05, 0.1) is 30.3 Å². The molecule has 0 aromatic carbocycles. The van der Waals surface area contributed by atoms with Crippen LogP contribution in [0.4, 0.5) is 13.2 Å². The van der Waals surface area contributed by atoms with E-state index in [-0.39, 0.29) is 37.6 Å². The predicted molar refractivity (Wildman–Crippen MR) is 85.8 cm³/mol. The third kappa shape index (κ3) is 4.42. The lowest BCUT2D eigenvalue weighted by molar-refractivity contribution is -0.186. The van der Waals surface area contributed by atoms with Crippen molar-refractivity contribution in [3.63, 3.8) is 0 Å². The number of aromatic nitrogens is 1. The summed E-state index contributed by atoms with van der Waals surface area (Å²) in [5.74, 6) is -2.22. The third-order valence-electron chi connectivity index (χ3n) is 4.53. The van der Waals surface area contributed by atoms with Crippen molar-refractivity contribution in [2.45, 2.75) is 39.8 Å². The van der Waals surface area contributed by atoms with Gasteiger partial charge in [-0.2, -0.15) is 13.2 Å².